The van der Waals surface area contributed by atoms with Crippen LogP contribution in [0.2, 0.25) is 0 Å². The van der Waals surface area contributed by atoms with Crippen molar-refractivity contribution in [2.75, 3.05) is 6.54 Å². The Hall–Kier alpha value is -5.99. The number of aromatic nitrogens is 3. The highest BCUT2D eigenvalue weighted by Crippen LogP contribution is 2.33. The van der Waals surface area contributed by atoms with Gasteiger partial charge in [-0.3, -0.25) is 14.2 Å². The minimum absolute atomic E-state index is 0.0118. The number of rotatable bonds is 8. The van der Waals surface area contributed by atoms with Crippen molar-refractivity contribution < 1.29 is 18.0 Å². The number of amides is 1. The quantitative estimate of drug-likeness (QED) is 0.216. The van der Waals surface area contributed by atoms with Crippen molar-refractivity contribution in [3.8, 4) is 28.7 Å². The number of halogens is 3. The molecule has 4 aromatic carbocycles. The fourth-order valence-electron chi connectivity index (χ4n) is 5.31. The summed E-state index contributed by atoms with van der Waals surface area (Å²) in [4.78, 5) is 27.6. The molecule has 2 aromatic heterocycles. The lowest BCUT2D eigenvalue weighted by Crippen LogP contribution is -2.35. The van der Waals surface area contributed by atoms with Crippen LogP contribution in [0.15, 0.2) is 120 Å². The molecule has 2 heterocycles. The van der Waals surface area contributed by atoms with Gasteiger partial charge in [-0.15, -0.1) is 11.3 Å². The molecule has 49 heavy (non-hydrogen) atoms. The number of aryl methyl sites for hydroxylation is 1. The van der Waals surface area contributed by atoms with Gasteiger partial charge in [0.05, 0.1) is 27.2 Å². The van der Waals surface area contributed by atoms with Gasteiger partial charge in [-0.1, -0.05) is 90.5 Å². The van der Waals surface area contributed by atoms with Crippen LogP contribution in [0.3, 0.4) is 0 Å². The van der Waals surface area contributed by atoms with E-state index in [9.17, 15) is 28.0 Å². The third kappa shape index (κ3) is 7.15. The summed E-state index contributed by atoms with van der Waals surface area (Å²) >= 11 is 0.768. The zero-order chi connectivity index (χ0) is 34.5. The molecule has 1 N–H and O–H groups in total. The second kappa shape index (κ2) is 14.0. The molecule has 1 amide bonds. The highest BCUT2D eigenvalue weighted by Gasteiger charge is 2.34. The molecule has 0 aliphatic carbocycles. The zero-order valence-corrected chi connectivity index (χ0v) is 26.9. The van der Waals surface area contributed by atoms with Gasteiger partial charge >= 0.3 is 6.18 Å². The summed E-state index contributed by atoms with van der Waals surface area (Å²) < 4.78 is 45.1. The maximum absolute atomic E-state index is 14.3. The molecule has 6 aromatic rings. The predicted molar refractivity (Wildman–Crippen MR) is 184 cm³/mol. The first-order valence-electron chi connectivity index (χ1n) is 15.2. The van der Waals surface area contributed by atoms with Gasteiger partial charge < -0.3 is 5.32 Å². The highest BCUT2D eigenvalue weighted by atomic mass is 32.1. The van der Waals surface area contributed by atoms with E-state index in [0.717, 1.165) is 50.4 Å². The molecule has 0 bridgehead atoms. The number of nitrogens with zero attached hydrogens (tertiary/aromatic N) is 4. The van der Waals surface area contributed by atoms with E-state index in [-0.39, 0.29) is 15.7 Å². The van der Waals surface area contributed by atoms with E-state index in [2.05, 4.69) is 5.32 Å². The number of alkyl halides is 3. The molecule has 0 saturated heterocycles. The number of nitrogens with one attached hydrogen (secondary N) is 1. The second-order valence-electron chi connectivity index (χ2n) is 11.1. The molecule has 0 atom stereocenters. The van der Waals surface area contributed by atoms with Gasteiger partial charge in [0.1, 0.15) is 10.7 Å². The van der Waals surface area contributed by atoms with Crippen molar-refractivity contribution in [2.24, 2.45) is 0 Å². The molecule has 11 heteroatoms. The summed E-state index contributed by atoms with van der Waals surface area (Å²) in [6.45, 7) is 2.12. The third-order valence-electron chi connectivity index (χ3n) is 7.74. The molecule has 0 aliphatic rings. The molecular formula is C38H28F3N5O2S. The lowest BCUT2D eigenvalue weighted by atomic mass is 10.1. The van der Waals surface area contributed by atoms with Crippen LogP contribution in [0.4, 0.5) is 13.2 Å². The molecule has 6 rings (SSSR count). The Balaban J connectivity index is 1.57. The number of carbonyl (C=O) groups is 1. The number of carbonyl (C=O) groups excluding carboxylic acids is 1. The molecule has 244 valence electrons. The van der Waals surface area contributed by atoms with Crippen molar-refractivity contribution >= 4 is 28.9 Å². The van der Waals surface area contributed by atoms with E-state index in [1.54, 1.807) is 10.9 Å². The largest absolute Gasteiger partial charge is 0.418 e. The van der Waals surface area contributed by atoms with Crippen molar-refractivity contribution in [3.05, 3.63) is 157 Å². The lowest BCUT2D eigenvalue weighted by molar-refractivity contribution is -0.137. The molecule has 0 unspecified atom stereocenters. The van der Waals surface area contributed by atoms with E-state index in [0.29, 0.717) is 17.7 Å². The molecule has 0 fully saturated rings. The van der Waals surface area contributed by atoms with Gasteiger partial charge in [0.2, 0.25) is 0 Å². The Morgan fingerprint density at radius 1 is 0.939 bits per heavy atom. The Bertz CT molecular complexity index is 2350. The molecule has 0 radical (unpaired) electrons. The number of hydrogen-bond acceptors (Lipinski definition) is 5. The van der Waals surface area contributed by atoms with Crippen LogP contribution in [0.25, 0.3) is 34.3 Å². The van der Waals surface area contributed by atoms with E-state index >= 15 is 0 Å². The van der Waals surface area contributed by atoms with Gasteiger partial charge in [-0.05, 0) is 49.2 Å². The Morgan fingerprint density at radius 2 is 1.59 bits per heavy atom. The third-order valence-corrected chi connectivity index (χ3v) is 8.84. The van der Waals surface area contributed by atoms with E-state index < -0.39 is 34.5 Å². The van der Waals surface area contributed by atoms with Crippen LogP contribution in [-0.4, -0.2) is 26.8 Å². The number of para-hydroxylation sites is 2. The summed E-state index contributed by atoms with van der Waals surface area (Å²) in [5, 5.41) is 17.7. The van der Waals surface area contributed by atoms with Gasteiger partial charge in [-0.2, -0.15) is 23.5 Å². The standard InChI is InChI=1S/C38H28F3N5O2S/c1-25-16-18-27(19-17-25)34-28(24-45(44-34)29-12-6-3-7-13-29)22-33-36(48)46(32-15-9-8-14-31(32)38(39,40)41)37(49-33)30(23-42)35(47)43-21-20-26-10-4-2-5-11-26/h2-19,22,24H,20-21H2,1H3,(H,43,47). The van der Waals surface area contributed by atoms with Crippen LogP contribution in [0.1, 0.15) is 22.3 Å². The van der Waals surface area contributed by atoms with E-state index in [1.165, 1.54) is 18.2 Å². The van der Waals surface area contributed by atoms with Gasteiger partial charge in [0.15, 0.2) is 5.57 Å². The molecule has 0 saturated carbocycles. The number of hydrogen-bond donors (Lipinski definition) is 1. The average molecular weight is 676 g/mol. The van der Waals surface area contributed by atoms with Crippen molar-refractivity contribution in [1.29, 1.82) is 5.26 Å². The average Bonchev–Trinajstić information content (AvgIpc) is 3.66. The topological polar surface area (TPSA) is 92.7 Å². The minimum Gasteiger partial charge on any atom is -0.351 e. The first-order valence-corrected chi connectivity index (χ1v) is 16.0. The number of benzene rings is 4. The summed E-state index contributed by atoms with van der Waals surface area (Å²) in [5.41, 5.74) is 1.67. The Morgan fingerprint density at radius 3 is 2.27 bits per heavy atom. The first-order chi connectivity index (χ1) is 23.6. The molecule has 7 nitrogen and oxygen atoms in total. The first kappa shape index (κ1) is 32.9. The van der Waals surface area contributed by atoms with Crippen LogP contribution >= 0.6 is 11.3 Å². The fourth-order valence-corrected chi connectivity index (χ4v) is 6.39. The molecule has 0 aliphatic heterocycles. The Labute approximate surface area is 283 Å². The van der Waals surface area contributed by atoms with Crippen molar-refractivity contribution in [3.63, 3.8) is 0 Å². The van der Waals surface area contributed by atoms with Crippen LogP contribution < -0.4 is 20.1 Å². The van der Waals surface area contributed by atoms with Gasteiger partial charge in [0.25, 0.3) is 11.5 Å². The molecular weight excluding hydrogens is 648 g/mol. The second-order valence-corrected chi connectivity index (χ2v) is 12.2. The van der Waals surface area contributed by atoms with Crippen molar-refractivity contribution in [1.82, 2.24) is 19.7 Å². The lowest BCUT2D eigenvalue weighted by Gasteiger charge is -2.13. The van der Waals surface area contributed by atoms with Gasteiger partial charge in [-0.25, -0.2) is 4.68 Å². The summed E-state index contributed by atoms with van der Waals surface area (Å²) in [7, 11) is 0. The van der Waals surface area contributed by atoms with E-state index in [4.69, 9.17) is 5.10 Å². The maximum atomic E-state index is 14.3. The fraction of sp³-hybridized carbons (Fsp3) is 0.105. The normalized spacial score (nSPS) is 12.4. The maximum Gasteiger partial charge on any atom is 0.418 e. The van der Waals surface area contributed by atoms with Crippen LogP contribution in [0.5, 0.6) is 0 Å². The minimum atomic E-state index is -4.82. The highest BCUT2D eigenvalue weighted by molar-refractivity contribution is 7.07. The number of thiazole rings is 1. The summed E-state index contributed by atoms with van der Waals surface area (Å²) in [5.74, 6) is -0.804. The summed E-state index contributed by atoms with van der Waals surface area (Å²) in [6.07, 6.45) is -1.10. The molecule has 0 spiro atoms. The monoisotopic (exact) mass is 675 g/mol. The number of nitriles is 1. The van der Waals surface area contributed by atoms with E-state index in [1.807, 2.05) is 97.9 Å². The predicted octanol–water partition coefficient (Wildman–Crippen LogP) is 5.94. The van der Waals surface area contributed by atoms with Crippen LogP contribution in [-0.2, 0) is 17.4 Å². The summed E-state index contributed by atoms with van der Waals surface area (Å²) in [6, 6.07) is 32.8. The smallest absolute Gasteiger partial charge is 0.351 e. The van der Waals surface area contributed by atoms with Crippen molar-refractivity contribution in [2.45, 2.75) is 19.5 Å². The zero-order valence-electron chi connectivity index (χ0n) is 26.1. The van der Waals surface area contributed by atoms with Crippen LogP contribution in [0, 0.1) is 18.3 Å². The van der Waals surface area contributed by atoms with Gasteiger partial charge in [0, 0.05) is 23.9 Å². The Kier molecular flexibility index (Phi) is 9.42. The SMILES string of the molecule is Cc1ccc(-c2nn(-c3ccccc3)cc2C=c2sc(=C(C#N)C(=O)NCCc3ccccc3)n(-c3ccccc3C(F)(F)F)c2=O)cc1.